The van der Waals surface area contributed by atoms with Crippen LogP contribution in [0.1, 0.15) is 18.1 Å². The van der Waals surface area contributed by atoms with E-state index < -0.39 is 11.2 Å². The van der Waals surface area contributed by atoms with Crippen LogP contribution < -0.4 is 16.3 Å². The lowest BCUT2D eigenvalue weighted by atomic mass is 9.82. The number of amides is 2. The average Bonchev–Trinajstić information content (AvgIpc) is 2.68. The second-order valence-corrected chi connectivity index (χ2v) is 6.87. The number of carbonyl (C=O) groups excluding carboxylic acids is 1. The smallest absolute Gasteiger partial charge is 0.344 e. The Bertz CT molecular complexity index is 1280. The van der Waals surface area contributed by atoms with Gasteiger partial charge in [-0.05, 0) is 23.9 Å². The first-order valence-corrected chi connectivity index (χ1v) is 8.72. The van der Waals surface area contributed by atoms with E-state index in [9.17, 15) is 9.59 Å². The summed E-state index contributed by atoms with van der Waals surface area (Å²) >= 11 is 0. The largest absolute Gasteiger partial charge is 0.422 e. The summed E-state index contributed by atoms with van der Waals surface area (Å²) in [5, 5.41) is 8.24. The van der Waals surface area contributed by atoms with Crippen LogP contribution in [0.3, 0.4) is 0 Å². The van der Waals surface area contributed by atoms with Crippen LogP contribution in [0.2, 0.25) is 0 Å². The van der Waals surface area contributed by atoms with Gasteiger partial charge in [0, 0.05) is 10.8 Å². The van der Waals surface area contributed by atoms with Crippen molar-refractivity contribution in [3.8, 4) is 0 Å². The molecular formula is C22H16N2O3. The maximum absolute atomic E-state index is 13.1. The average molecular weight is 356 g/mol. The van der Waals surface area contributed by atoms with E-state index in [0.29, 0.717) is 22.2 Å². The first-order chi connectivity index (χ1) is 13.1. The van der Waals surface area contributed by atoms with Gasteiger partial charge in [-0.25, -0.2) is 9.59 Å². The van der Waals surface area contributed by atoms with Crippen LogP contribution in [0, 0.1) is 0 Å². The van der Waals surface area contributed by atoms with Crippen molar-refractivity contribution in [1.29, 1.82) is 0 Å². The molecule has 0 saturated heterocycles. The highest BCUT2D eigenvalue weighted by Gasteiger charge is 2.41. The molecule has 1 aliphatic rings. The highest BCUT2D eigenvalue weighted by molar-refractivity contribution is 6.12. The van der Waals surface area contributed by atoms with Crippen molar-refractivity contribution in [3.05, 3.63) is 88.3 Å². The zero-order chi connectivity index (χ0) is 18.6. The van der Waals surface area contributed by atoms with Crippen molar-refractivity contribution in [2.75, 3.05) is 5.32 Å². The molecule has 0 aliphatic carbocycles. The first kappa shape index (κ1) is 15.6. The Labute approximate surface area is 154 Å². The van der Waals surface area contributed by atoms with E-state index in [2.05, 4.69) is 10.6 Å². The Morgan fingerprint density at radius 2 is 1.59 bits per heavy atom. The molecule has 132 valence electrons. The molecule has 2 heterocycles. The van der Waals surface area contributed by atoms with Crippen LogP contribution in [0.25, 0.3) is 21.7 Å². The summed E-state index contributed by atoms with van der Waals surface area (Å²) in [6.45, 7) is 1.82. The third-order valence-corrected chi connectivity index (χ3v) is 5.25. The van der Waals surface area contributed by atoms with Crippen molar-refractivity contribution in [3.63, 3.8) is 0 Å². The molecule has 1 aromatic heterocycles. The number of anilines is 1. The number of nitrogens with one attached hydrogen (secondary N) is 2. The Morgan fingerprint density at radius 3 is 2.41 bits per heavy atom. The summed E-state index contributed by atoms with van der Waals surface area (Å²) in [7, 11) is 0. The maximum Gasteiger partial charge on any atom is 0.344 e. The van der Waals surface area contributed by atoms with E-state index in [4.69, 9.17) is 4.42 Å². The van der Waals surface area contributed by atoms with Crippen LogP contribution in [0.15, 0.2) is 75.9 Å². The van der Waals surface area contributed by atoms with Crippen molar-refractivity contribution < 1.29 is 9.21 Å². The number of fused-ring (bicyclic) bond motifs is 5. The second-order valence-electron chi connectivity index (χ2n) is 6.87. The predicted molar refractivity (Wildman–Crippen MR) is 105 cm³/mol. The highest BCUT2D eigenvalue weighted by atomic mass is 16.4. The summed E-state index contributed by atoms with van der Waals surface area (Å²) in [6.07, 6.45) is 0. The van der Waals surface area contributed by atoms with Crippen molar-refractivity contribution in [2.24, 2.45) is 0 Å². The van der Waals surface area contributed by atoms with Crippen molar-refractivity contribution in [2.45, 2.75) is 12.5 Å². The molecular weight excluding hydrogens is 340 g/mol. The van der Waals surface area contributed by atoms with Gasteiger partial charge in [-0.15, -0.1) is 0 Å². The number of carbonyl (C=O) groups is 1. The number of benzene rings is 3. The molecule has 0 spiro atoms. The molecule has 4 aromatic rings. The van der Waals surface area contributed by atoms with Crippen molar-refractivity contribution in [1.82, 2.24) is 5.32 Å². The van der Waals surface area contributed by atoms with E-state index >= 15 is 0 Å². The molecule has 0 fully saturated rings. The number of hydrogen-bond acceptors (Lipinski definition) is 3. The standard InChI is InChI=1S/C22H16N2O3/c1-22(14-8-3-2-4-9-14)17-18(23-21(26)24-22)16-12-11-13-7-5-6-10-15(13)19(16)27-20(17)25/h2-12H,1H3,(H2,23,24,26). The first-order valence-electron chi connectivity index (χ1n) is 8.72. The summed E-state index contributed by atoms with van der Waals surface area (Å²) in [5.74, 6) is 0. The summed E-state index contributed by atoms with van der Waals surface area (Å²) in [6, 6.07) is 20.6. The van der Waals surface area contributed by atoms with E-state index in [1.165, 1.54) is 0 Å². The summed E-state index contributed by atoms with van der Waals surface area (Å²) < 4.78 is 5.78. The Morgan fingerprint density at radius 1 is 0.852 bits per heavy atom. The molecule has 0 radical (unpaired) electrons. The minimum Gasteiger partial charge on any atom is -0.422 e. The fraction of sp³-hybridized carbons (Fsp3) is 0.0909. The molecule has 2 amide bonds. The summed E-state index contributed by atoms with van der Waals surface area (Å²) in [4.78, 5) is 25.5. The van der Waals surface area contributed by atoms with Crippen LogP contribution in [0.4, 0.5) is 10.5 Å². The minimum atomic E-state index is -0.987. The SMILES string of the molecule is CC1(c2ccccc2)NC(=O)Nc2c1c(=O)oc1c2ccc2ccccc21. The van der Waals surface area contributed by atoms with E-state index in [1.54, 1.807) is 0 Å². The molecule has 0 bridgehead atoms. The van der Waals surface area contributed by atoms with Gasteiger partial charge in [0.15, 0.2) is 0 Å². The zero-order valence-electron chi connectivity index (χ0n) is 14.6. The monoisotopic (exact) mass is 356 g/mol. The maximum atomic E-state index is 13.1. The Kier molecular flexibility index (Phi) is 3.15. The highest BCUT2D eigenvalue weighted by Crippen LogP contribution is 2.40. The molecule has 5 nitrogen and oxygen atoms in total. The Balaban J connectivity index is 1.91. The number of hydrogen-bond donors (Lipinski definition) is 2. The lowest BCUT2D eigenvalue weighted by molar-refractivity contribution is 0.241. The molecule has 5 rings (SSSR count). The van der Waals surface area contributed by atoms with Gasteiger partial charge < -0.3 is 15.1 Å². The topological polar surface area (TPSA) is 71.3 Å². The lowest BCUT2D eigenvalue weighted by Gasteiger charge is -2.36. The van der Waals surface area contributed by atoms with Gasteiger partial charge in [0.25, 0.3) is 0 Å². The van der Waals surface area contributed by atoms with Gasteiger partial charge >= 0.3 is 11.7 Å². The lowest BCUT2D eigenvalue weighted by Crippen LogP contribution is -2.53. The van der Waals surface area contributed by atoms with Crippen LogP contribution in [0.5, 0.6) is 0 Å². The fourth-order valence-electron chi connectivity index (χ4n) is 3.94. The second kappa shape index (κ2) is 5.45. The molecule has 0 saturated carbocycles. The predicted octanol–water partition coefficient (Wildman–Crippen LogP) is 4.34. The molecule has 27 heavy (non-hydrogen) atoms. The van der Waals surface area contributed by atoms with E-state index in [1.807, 2.05) is 73.7 Å². The van der Waals surface area contributed by atoms with Gasteiger partial charge in [-0.3, -0.25) is 0 Å². The molecule has 1 aliphatic heterocycles. The summed E-state index contributed by atoms with van der Waals surface area (Å²) in [5.41, 5.74) is 0.744. The molecule has 5 heteroatoms. The van der Waals surface area contributed by atoms with Crippen LogP contribution in [-0.4, -0.2) is 6.03 Å². The third-order valence-electron chi connectivity index (χ3n) is 5.25. The third kappa shape index (κ3) is 2.18. The van der Waals surface area contributed by atoms with Gasteiger partial charge in [0.1, 0.15) is 5.58 Å². The van der Waals surface area contributed by atoms with Crippen LogP contribution in [-0.2, 0) is 5.54 Å². The molecule has 2 N–H and O–H groups in total. The quantitative estimate of drug-likeness (QED) is 0.393. The van der Waals surface area contributed by atoms with Gasteiger partial charge in [0.2, 0.25) is 0 Å². The van der Waals surface area contributed by atoms with Gasteiger partial charge in [0.05, 0.1) is 16.8 Å². The van der Waals surface area contributed by atoms with Gasteiger partial charge in [-0.2, -0.15) is 0 Å². The van der Waals surface area contributed by atoms with Crippen molar-refractivity contribution >= 4 is 33.5 Å². The fourth-order valence-corrected chi connectivity index (χ4v) is 3.94. The Hall–Kier alpha value is -3.60. The van der Waals surface area contributed by atoms with Crippen LogP contribution >= 0.6 is 0 Å². The molecule has 1 unspecified atom stereocenters. The van der Waals surface area contributed by atoms with E-state index in [0.717, 1.165) is 16.3 Å². The normalized spacial score (nSPS) is 18.8. The molecule has 3 aromatic carbocycles. The zero-order valence-corrected chi connectivity index (χ0v) is 14.6. The van der Waals surface area contributed by atoms with E-state index in [-0.39, 0.29) is 6.03 Å². The number of urea groups is 1. The van der Waals surface area contributed by atoms with Gasteiger partial charge in [-0.1, -0.05) is 60.7 Å². The number of rotatable bonds is 1. The minimum absolute atomic E-state index is 0.353. The molecule has 1 atom stereocenters.